The van der Waals surface area contributed by atoms with Crippen LogP contribution in [0.5, 0.6) is 0 Å². The van der Waals surface area contributed by atoms with E-state index in [9.17, 15) is 24.0 Å². The molecule has 1 saturated carbocycles. The van der Waals surface area contributed by atoms with Crippen LogP contribution in [0.15, 0.2) is 71.9 Å². The van der Waals surface area contributed by atoms with Gasteiger partial charge in [-0.15, -0.1) is 0 Å². The van der Waals surface area contributed by atoms with Gasteiger partial charge in [0.15, 0.2) is 5.78 Å². The standard InChI is InChI=1S/C50H63N11O7/c1-33(2)13-16-41(62)46-35(4)39-31-54-50(58-47(39)61(49(46)66)36-9-5-6-10-36)57-43-18-15-37(30-53-43)60-23-21-59(22-24-60)32-45(64)51-20-26-68-28-27-67-25-19-44(63)55-40-12-8-7-11-38(40)48(65)56-42-17-14-34(3)29-52-42/h7-8,11-12,14-15,17-18,29-31,33,36H,5-6,9-10,13,16,19-28,32H2,1-4H3,(H,51,64)(H,55,63)(H,52,56,65)(H,53,54,57,58). The number of amides is 3. The number of piperazine rings is 1. The van der Waals surface area contributed by atoms with E-state index < -0.39 is 0 Å². The van der Waals surface area contributed by atoms with Crippen molar-refractivity contribution in [3.8, 4) is 0 Å². The number of benzene rings is 1. The number of ether oxygens (including phenoxy) is 2. The molecule has 0 unspecified atom stereocenters. The van der Waals surface area contributed by atoms with Gasteiger partial charge in [0.05, 0.1) is 68.1 Å². The molecule has 0 bridgehead atoms. The highest BCUT2D eigenvalue weighted by Gasteiger charge is 2.27. The Bertz CT molecular complexity index is 2590. The van der Waals surface area contributed by atoms with Gasteiger partial charge < -0.3 is 35.6 Å². The molecule has 1 aliphatic carbocycles. The second kappa shape index (κ2) is 23.9. The Labute approximate surface area is 396 Å². The number of hydrogen-bond donors (Lipinski definition) is 4. The van der Waals surface area contributed by atoms with Gasteiger partial charge >= 0.3 is 0 Å². The summed E-state index contributed by atoms with van der Waals surface area (Å²) in [7, 11) is 0. The molecule has 1 aromatic carbocycles. The minimum absolute atomic E-state index is 0.0128. The summed E-state index contributed by atoms with van der Waals surface area (Å²) < 4.78 is 12.9. The summed E-state index contributed by atoms with van der Waals surface area (Å²) in [5.74, 6) is 0.805. The number of carbonyl (C=O) groups is 4. The summed E-state index contributed by atoms with van der Waals surface area (Å²) in [5, 5.41) is 12.4. The van der Waals surface area contributed by atoms with E-state index >= 15 is 0 Å². The molecule has 18 nitrogen and oxygen atoms in total. The highest BCUT2D eigenvalue weighted by atomic mass is 16.5. The summed E-state index contributed by atoms with van der Waals surface area (Å²) in [6, 6.07) is 14.2. The van der Waals surface area contributed by atoms with Crippen LogP contribution in [-0.2, 0) is 19.1 Å². The molecule has 68 heavy (non-hydrogen) atoms. The zero-order valence-corrected chi connectivity index (χ0v) is 39.5. The predicted octanol–water partition coefficient (Wildman–Crippen LogP) is 6.23. The number of para-hydroxylation sites is 1. The first kappa shape index (κ1) is 49.3. The number of anilines is 5. The minimum atomic E-state index is -0.379. The van der Waals surface area contributed by atoms with Gasteiger partial charge in [0, 0.05) is 63.0 Å². The van der Waals surface area contributed by atoms with Gasteiger partial charge in [-0.1, -0.05) is 44.9 Å². The van der Waals surface area contributed by atoms with Crippen LogP contribution in [-0.4, -0.2) is 119 Å². The molecule has 0 radical (unpaired) electrons. The lowest BCUT2D eigenvalue weighted by Gasteiger charge is -2.35. The molecule has 2 fully saturated rings. The van der Waals surface area contributed by atoms with E-state index in [0.717, 1.165) is 56.4 Å². The number of pyridine rings is 3. The third-order valence-electron chi connectivity index (χ3n) is 12.2. The Balaban J connectivity index is 0.780. The molecular formula is C50H63N11O7. The second-order valence-electron chi connectivity index (χ2n) is 17.8. The molecule has 1 saturated heterocycles. The van der Waals surface area contributed by atoms with Crippen molar-refractivity contribution in [2.45, 2.75) is 78.7 Å². The van der Waals surface area contributed by atoms with Crippen molar-refractivity contribution in [1.82, 2.24) is 34.7 Å². The van der Waals surface area contributed by atoms with Crippen LogP contribution in [0.3, 0.4) is 0 Å². The molecule has 0 atom stereocenters. The maximum absolute atomic E-state index is 14.0. The molecule has 4 N–H and O–H groups in total. The smallest absolute Gasteiger partial charge is 0.263 e. The van der Waals surface area contributed by atoms with E-state index in [1.54, 1.807) is 53.5 Å². The fraction of sp³-hybridized carbons (Fsp3) is 0.460. The minimum Gasteiger partial charge on any atom is -0.379 e. The van der Waals surface area contributed by atoms with Gasteiger partial charge in [-0.3, -0.25) is 33.4 Å². The fourth-order valence-corrected chi connectivity index (χ4v) is 8.43. The van der Waals surface area contributed by atoms with Gasteiger partial charge in [0.25, 0.3) is 11.5 Å². The first-order valence-electron chi connectivity index (χ1n) is 23.6. The number of nitrogens with zero attached hydrogens (tertiary/aromatic N) is 7. The number of ketones is 1. The number of hydrogen-bond acceptors (Lipinski definition) is 14. The number of nitrogens with one attached hydrogen (secondary N) is 4. The topological polar surface area (TPSA) is 215 Å². The zero-order chi connectivity index (χ0) is 48.0. The van der Waals surface area contributed by atoms with Gasteiger partial charge in [0.1, 0.15) is 17.3 Å². The van der Waals surface area contributed by atoms with Crippen molar-refractivity contribution in [2.75, 3.05) is 86.5 Å². The Kier molecular flexibility index (Phi) is 17.3. The third kappa shape index (κ3) is 13.3. The van der Waals surface area contributed by atoms with Crippen LogP contribution in [0.25, 0.3) is 11.0 Å². The molecule has 5 aromatic rings. The van der Waals surface area contributed by atoms with Crippen LogP contribution >= 0.6 is 0 Å². The Hall–Kier alpha value is -6.63. The zero-order valence-electron chi connectivity index (χ0n) is 39.5. The van der Waals surface area contributed by atoms with Crippen molar-refractivity contribution in [3.63, 3.8) is 0 Å². The molecule has 5 heterocycles. The van der Waals surface area contributed by atoms with Gasteiger partial charge in [-0.25, -0.2) is 15.0 Å². The summed E-state index contributed by atoms with van der Waals surface area (Å²) in [5.41, 5.74) is 3.83. The molecule has 360 valence electrons. The van der Waals surface area contributed by atoms with Crippen LogP contribution in [0.4, 0.5) is 29.0 Å². The molecule has 0 spiro atoms. The van der Waals surface area contributed by atoms with Gasteiger partial charge in [0.2, 0.25) is 17.8 Å². The lowest BCUT2D eigenvalue weighted by atomic mass is 9.97. The van der Waals surface area contributed by atoms with Gasteiger partial charge in [-0.05, 0) is 80.5 Å². The third-order valence-corrected chi connectivity index (χ3v) is 12.2. The maximum Gasteiger partial charge on any atom is 0.263 e. The van der Waals surface area contributed by atoms with E-state index in [1.807, 2.05) is 32.0 Å². The molecule has 1 aliphatic heterocycles. The molecule has 3 amide bonds. The SMILES string of the molecule is Cc1ccc(NC(=O)c2ccccc2NC(=O)CCOCCOCCNC(=O)CN2CCN(c3ccc(Nc4ncc5c(C)c(C(=O)CCC(C)C)c(=O)n(C6CCCC6)c5n4)nc3)CC2)nc1. The van der Waals surface area contributed by atoms with E-state index in [2.05, 4.69) is 59.9 Å². The Morgan fingerprint density at radius 2 is 1.51 bits per heavy atom. The number of aryl methyl sites for hydroxylation is 2. The average Bonchev–Trinajstić information content (AvgIpc) is 3.86. The van der Waals surface area contributed by atoms with Crippen molar-refractivity contribution in [3.05, 3.63) is 99.7 Å². The van der Waals surface area contributed by atoms with E-state index in [-0.39, 0.29) is 66.8 Å². The van der Waals surface area contributed by atoms with Gasteiger partial charge in [-0.2, -0.15) is 4.98 Å². The summed E-state index contributed by atoms with van der Waals surface area (Å²) in [6.45, 7) is 12.5. The number of carbonyl (C=O) groups excluding carboxylic acids is 4. The average molecular weight is 930 g/mol. The number of Topliss-reactive ketones (excluding diaryl/α,β-unsaturated/α-hetero) is 1. The van der Waals surface area contributed by atoms with Crippen molar-refractivity contribution >= 4 is 63.5 Å². The van der Waals surface area contributed by atoms with E-state index in [1.165, 1.54) is 0 Å². The lowest BCUT2D eigenvalue weighted by molar-refractivity contribution is -0.122. The quantitative estimate of drug-likeness (QED) is 0.0448. The lowest BCUT2D eigenvalue weighted by Crippen LogP contribution is -2.49. The summed E-state index contributed by atoms with van der Waals surface area (Å²) in [4.78, 5) is 88.1. The monoisotopic (exact) mass is 929 g/mol. The first-order chi connectivity index (χ1) is 32.9. The molecule has 2 aliphatic rings. The van der Waals surface area contributed by atoms with Crippen molar-refractivity contribution in [1.29, 1.82) is 0 Å². The van der Waals surface area contributed by atoms with Crippen LogP contribution < -0.4 is 31.7 Å². The van der Waals surface area contributed by atoms with E-state index in [4.69, 9.17) is 14.5 Å². The molecule has 18 heteroatoms. The Morgan fingerprint density at radius 3 is 2.24 bits per heavy atom. The van der Waals surface area contributed by atoms with Crippen LogP contribution in [0.2, 0.25) is 0 Å². The number of fused-ring (bicyclic) bond motifs is 1. The number of rotatable bonds is 22. The first-order valence-corrected chi connectivity index (χ1v) is 23.6. The maximum atomic E-state index is 14.0. The summed E-state index contributed by atoms with van der Waals surface area (Å²) in [6.07, 6.45) is 10.1. The van der Waals surface area contributed by atoms with Crippen LogP contribution in [0, 0.1) is 19.8 Å². The van der Waals surface area contributed by atoms with Crippen LogP contribution in [0.1, 0.15) is 96.7 Å². The highest BCUT2D eigenvalue weighted by molar-refractivity contribution is 6.09. The largest absolute Gasteiger partial charge is 0.379 e. The normalized spacial score (nSPS) is 14.3. The predicted molar refractivity (Wildman–Crippen MR) is 262 cm³/mol. The molecular weight excluding hydrogens is 867 g/mol. The molecule has 4 aromatic heterocycles. The Morgan fingerprint density at radius 1 is 0.779 bits per heavy atom. The van der Waals surface area contributed by atoms with Crippen molar-refractivity contribution < 1.29 is 28.7 Å². The van der Waals surface area contributed by atoms with E-state index in [0.29, 0.717) is 90.6 Å². The van der Waals surface area contributed by atoms with Crippen molar-refractivity contribution in [2.24, 2.45) is 5.92 Å². The summed E-state index contributed by atoms with van der Waals surface area (Å²) >= 11 is 0. The molecule has 7 rings (SSSR count). The second-order valence-corrected chi connectivity index (χ2v) is 17.8. The number of aromatic nitrogens is 5. The highest BCUT2D eigenvalue weighted by Crippen LogP contribution is 2.32. The fourth-order valence-electron chi connectivity index (χ4n) is 8.43.